The fraction of sp³-hybridized carbons (Fsp3) is 0.733. The average molecular weight is 314 g/mol. The maximum Gasteiger partial charge on any atom is 0.317 e. The summed E-state index contributed by atoms with van der Waals surface area (Å²) in [5.41, 5.74) is 0.0344. The Morgan fingerprint density at radius 2 is 2.14 bits per heavy atom. The third-order valence-corrected chi connectivity index (χ3v) is 3.82. The standard InChI is InChI=1S/C15H26N2O3S/c1-5-9-19-10-7-8-16-14-17-12(11-21-14)15(3,4)13(18)20-6-2/h11H,5-10H2,1-4H3,(H,16,17). The number of aromatic nitrogens is 1. The molecular formula is C15H26N2O3S. The van der Waals surface area contributed by atoms with Crippen molar-refractivity contribution >= 4 is 22.4 Å². The van der Waals surface area contributed by atoms with Crippen LogP contribution in [-0.2, 0) is 19.7 Å². The molecule has 6 heteroatoms. The Bertz CT molecular complexity index is 432. The lowest BCUT2D eigenvalue weighted by atomic mass is 9.90. The van der Waals surface area contributed by atoms with E-state index in [1.807, 2.05) is 26.2 Å². The van der Waals surface area contributed by atoms with Gasteiger partial charge in [-0.25, -0.2) is 4.98 Å². The molecule has 1 aromatic heterocycles. The smallest absolute Gasteiger partial charge is 0.317 e. The molecule has 1 heterocycles. The summed E-state index contributed by atoms with van der Waals surface area (Å²) < 4.78 is 10.5. The summed E-state index contributed by atoms with van der Waals surface area (Å²) in [6, 6.07) is 0. The van der Waals surface area contributed by atoms with Crippen LogP contribution in [0, 0.1) is 0 Å². The number of rotatable bonds is 10. The molecule has 0 aliphatic rings. The van der Waals surface area contributed by atoms with Crippen LogP contribution in [0.2, 0.25) is 0 Å². The molecule has 0 aromatic carbocycles. The molecule has 0 saturated carbocycles. The van der Waals surface area contributed by atoms with Gasteiger partial charge < -0.3 is 14.8 Å². The summed E-state index contributed by atoms with van der Waals surface area (Å²) in [5.74, 6) is -0.241. The largest absolute Gasteiger partial charge is 0.465 e. The van der Waals surface area contributed by atoms with Gasteiger partial charge in [-0.2, -0.15) is 0 Å². The van der Waals surface area contributed by atoms with Crippen LogP contribution in [0.1, 0.15) is 46.2 Å². The summed E-state index contributed by atoms with van der Waals surface area (Å²) in [5, 5.41) is 6.00. The Labute approximate surface area is 131 Å². The fourth-order valence-electron chi connectivity index (χ4n) is 1.67. The first-order chi connectivity index (χ1) is 10.0. The minimum Gasteiger partial charge on any atom is -0.465 e. The van der Waals surface area contributed by atoms with Crippen LogP contribution >= 0.6 is 11.3 Å². The van der Waals surface area contributed by atoms with E-state index < -0.39 is 5.41 Å². The van der Waals surface area contributed by atoms with Crippen molar-refractivity contribution in [3.8, 4) is 0 Å². The molecule has 0 aliphatic carbocycles. The summed E-state index contributed by atoms with van der Waals surface area (Å²) in [4.78, 5) is 16.4. The lowest BCUT2D eigenvalue weighted by Gasteiger charge is -2.19. The zero-order valence-electron chi connectivity index (χ0n) is 13.4. The number of carbonyl (C=O) groups is 1. The number of nitrogens with zero attached hydrogens (tertiary/aromatic N) is 1. The van der Waals surface area contributed by atoms with E-state index in [9.17, 15) is 4.79 Å². The molecule has 0 unspecified atom stereocenters. The van der Waals surface area contributed by atoms with Crippen molar-refractivity contribution in [3.63, 3.8) is 0 Å². The van der Waals surface area contributed by atoms with Gasteiger partial charge in [0.1, 0.15) is 5.41 Å². The van der Waals surface area contributed by atoms with Crippen LogP contribution in [0.4, 0.5) is 5.13 Å². The predicted octanol–water partition coefficient (Wildman–Crippen LogP) is 3.21. The summed E-state index contributed by atoms with van der Waals surface area (Å²) in [6.45, 7) is 10.3. The quantitative estimate of drug-likeness (QED) is 0.531. The van der Waals surface area contributed by atoms with Crippen molar-refractivity contribution in [2.45, 2.75) is 46.0 Å². The molecule has 0 spiro atoms. The third kappa shape index (κ3) is 5.63. The monoisotopic (exact) mass is 314 g/mol. The van der Waals surface area contributed by atoms with Crippen molar-refractivity contribution in [3.05, 3.63) is 11.1 Å². The van der Waals surface area contributed by atoms with Crippen LogP contribution < -0.4 is 5.32 Å². The number of esters is 1. The highest BCUT2D eigenvalue weighted by molar-refractivity contribution is 7.13. The molecule has 0 saturated heterocycles. The number of thiazole rings is 1. The molecule has 21 heavy (non-hydrogen) atoms. The molecule has 0 amide bonds. The van der Waals surface area contributed by atoms with Crippen LogP contribution in [-0.4, -0.2) is 37.3 Å². The van der Waals surface area contributed by atoms with Crippen molar-refractivity contribution in [2.24, 2.45) is 0 Å². The third-order valence-electron chi connectivity index (χ3n) is 3.02. The van der Waals surface area contributed by atoms with E-state index in [0.29, 0.717) is 6.61 Å². The molecule has 1 N–H and O–H groups in total. The highest BCUT2D eigenvalue weighted by atomic mass is 32.1. The topological polar surface area (TPSA) is 60.5 Å². The van der Waals surface area contributed by atoms with E-state index in [1.54, 1.807) is 0 Å². The van der Waals surface area contributed by atoms with E-state index in [-0.39, 0.29) is 5.97 Å². The fourth-order valence-corrected chi connectivity index (χ4v) is 2.58. The second kappa shape index (κ2) is 9.00. The van der Waals surface area contributed by atoms with Gasteiger partial charge in [-0.1, -0.05) is 6.92 Å². The first-order valence-corrected chi connectivity index (χ1v) is 8.35. The van der Waals surface area contributed by atoms with Gasteiger partial charge >= 0.3 is 5.97 Å². The van der Waals surface area contributed by atoms with Crippen LogP contribution in [0.25, 0.3) is 0 Å². The molecule has 1 rings (SSSR count). The Balaban J connectivity index is 2.43. The van der Waals surface area contributed by atoms with Gasteiger partial charge in [0.25, 0.3) is 0 Å². The molecule has 0 atom stereocenters. The highest BCUT2D eigenvalue weighted by Gasteiger charge is 2.33. The van der Waals surface area contributed by atoms with Gasteiger partial charge in [0.05, 0.1) is 12.3 Å². The van der Waals surface area contributed by atoms with E-state index >= 15 is 0 Å². The molecule has 0 radical (unpaired) electrons. The Morgan fingerprint density at radius 3 is 2.81 bits per heavy atom. The average Bonchev–Trinajstić information content (AvgIpc) is 2.92. The van der Waals surface area contributed by atoms with E-state index in [4.69, 9.17) is 9.47 Å². The Morgan fingerprint density at radius 1 is 1.38 bits per heavy atom. The van der Waals surface area contributed by atoms with Crippen LogP contribution in [0.3, 0.4) is 0 Å². The number of hydrogen-bond acceptors (Lipinski definition) is 6. The Hall–Kier alpha value is -1.14. The van der Waals surface area contributed by atoms with Gasteiger partial charge in [-0.05, 0) is 33.6 Å². The van der Waals surface area contributed by atoms with Gasteiger partial charge in [0.15, 0.2) is 5.13 Å². The van der Waals surface area contributed by atoms with Crippen molar-refractivity contribution in [1.82, 2.24) is 4.98 Å². The van der Waals surface area contributed by atoms with Crippen molar-refractivity contribution in [2.75, 3.05) is 31.7 Å². The van der Waals surface area contributed by atoms with Crippen LogP contribution in [0.15, 0.2) is 5.38 Å². The number of ether oxygens (including phenoxy) is 2. The molecule has 0 aliphatic heterocycles. The SMILES string of the molecule is CCCOCCCNc1nc(C(C)(C)C(=O)OCC)cs1. The van der Waals surface area contributed by atoms with E-state index in [0.717, 1.165) is 43.4 Å². The van der Waals surface area contributed by atoms with Gasteiger partial charge in [-0.15, -0.1) is 11.3 Å². The van der Waals surface area contributed by atoms with E-state index in [1.165, 1.54) is 11.3 Å². The summed E-state index contributed by atoms with van der Waals surface area (Å²) in [7, 11) is 0. The van der Waals surface area contributed by atoms with Crippen molar-refractivity contribution in [1.29, 1.82) is 0 Å². The highest BCUT2D eigenvalue weighted by Crippen LogP contribution is 2.28. The lowest BCUT2D eigenvalue weighted by Crippen LogP contribution is -2.31. The molecule has 120 valence electrons. The van der Waals surface area contributed by atoms with Gasteiger partial charge in [0, 0.05) is 25.1 Å². The van der Waals surface area contributed by atoms with Crippen LogP contribution in [0.5, 0.6) is 0 Å². The molecular weight excluding hydrogens is 288 g/mol. The maximum absolute atomic E-state index is 11.9. The number of anilines is 1. The minimum absolute atomic E-state index is 0.241. The van der Waals surface area contributed by atoms with Crippen molar-refractivity contribution < 1.29 is 14.3 Å². The molecule has 0 fully saturated rings. The predicted molar refractivity (Wildman–Crippen MR) is 86.0 cm³/mol. The Kier molecular flexibility index (Phi) is 7.67. The molecule has 5 nitrogen and oxygen atoms in total. The second-order valence-corrected chi connectivity index (χ2v) is 6.13. The number of nitrogens with one attached hydrogen (secondary N) is 1. The summed E-state index contributed by atoms with van der Waals surface area (Å²) in [6.07, 6.45) is 1.99. The molecule has 1 aromatic rings. The van der Waals surface area contributed by atoms with Gasteiger partial charge in [-0.3, -0.25) is 4.79 Å². The normalized spacial score (nSPS) is 11.4. The van der Waals surface area contributed by atoms with Gasteiger partial charge in [0.2, 0.25) is 0 Å². The summed E-state index contributed by atoms with van der Waals surface area (Å²) >= 11 is 1.51. The zero-order chi connectivity index (χ0) is 15.7. The zero-order valence-corrected chi connectivity index (χ0v) is 14.2. The maximum atomic E-state index is 11.9. The minimum atomic E-state index is -0.712. The number of carbonyl (C=O) groups excluding carboxylic acids is 1. The number of hydrogen-bond donors (Lipinski definition) is 1. The molecule has 0 bridgehead atoms. The second-order valence-electron chi connectivity index (χ2n) is 5.28. The first kappa shape index (κ1) is 17.9. The van der Waals surface area contributed by atoms with E-state index in [2.05, 4.69) is 17.2 Å². The first-order valence-electron chi connectivity index (χ1n) is 7.47. The lowest BCUT2D eigenvalue weighted by molar-refractivity contribution is -0.148.